The number of hydrogen-bond acceptors (Lipinski definition) is 4. The predicted molar refractivity (Wildman–Crippen MR) is 97.0 cm³/mol. The van der Waals surface area contributed by atoms with Crippen molar-refractivity contribution in [3.63, 3.8) is 0 Å². The lowest BCUT2D eigenvalue weighted by atomic mass is 9.80. The van der Waals surface area contributed by atoms with Crippen molar-refractivity contribution >= 4 is 14.3 Å². The maximum Gasteiger partial charge on any atom is 0.321 e. The molecule has 2 atom stereocenters. The molecule has 0 heterocycles. The molecular formula is C19H26O4Si. The summed E-state index contributed by atoms with van der Waals surface area (Å²) in [5, 5.41) is 0. The zero-order valence-electron chi connectivity index (χ0n) is 14.8. The summed E-state index contributed by atoms with van der Waals surface area (Å²) >= 11 is 0. The fourth-order valence-electron chi connectivity index (χ4n) is 2.66. The molecule has 0 bridgehead atoms. The van der Waals surface area contributed by atoms with Gasteiger partial charge in [0.05, 0.1) is 26.4 Å². The van der Waals surface area contributed by atoms with Crippen LogP contribution in [0.1, 0.15) is 5.56 Å². The Balaban J connectivity index is 2.16. The zero-order valence-corrected chi connectivity index (χ0v) is 15.8. The summed E-state index contributed by atoms with van der Waals surface area (Å²) < 4.78 is 17.2. The van der Waals surface area contributed by atoms with Crippen LogP contribution in [-0.4, -0.2) is 34.1 Å². The third-order valence-corrected chi connectivity index (χ3v) is 4.76. The minimum Gasteiger partial charge on any atom is -0.468 e. The average Bonchev–Trinajstić information content (AvgIpc) is 2.55. The fourth-order valence-corrected chi connectivity index (χ4v) is 3.71. The van der Waals surface area contributed by atoms with Gasteiger partial charge < -0.3 is 13.9 Å². The topological polar surface area (TPSA) is 44.8 Å². The first kappa shape index (κ1) is 18.6. The van der Waals surface area contributed by atoms with Crippen LogP contribution in [0.5, 0.6) is 0 Å². The number of esters is 1. The summed E-state index contributed by atoms with van der Waals surface area (Å²) in [4.78, 5) is 12.6. The molecule has 1 aromatic carbocycles. The molecule has 0 saturated carbocycles. The second-order valence-electron chi connectivity index (χ2n) is 6.91. The SMILES string of the molecule is COC(=O)[C@]1(COCc2ccccc2)C=CC=C[C@H]1O[Si](C)(C)C. The highest BCUT2D eigenvalue weighted by molar-refractivity contribution is 6.69. The van der Waals surface area contributed by atoms with Crippen molar-refractivity contribution in [1.82, 2.24) is 0 Å². The summed E-state index contributed by atoms with van der Waals surface area (Å²) in [6.07, 6.45) is 7.14. The van der Waals surface area contributed by atoms with Crippen molar-refractivity contribution in [3.8, 4) is 0 Å². The molecule has 0 radical (unpaired) electrons. The summed E-state index contributed by atoms with van der Waals surface area (Å²) in [5.41, 5.74) is 0.119. The Morgan fingerprint density at radius 3 is 2.50 bits per heavy atom. The van der Waals surface area contributed by atoms with Gasteiger partial charge in [-0.2, -0.15) is 0 Å². The van der Waals surface area contributed by atoms with Crippen LogP contribution in [0, 0.1) is 5.41 Å². The van der Waals surface area contributed by atoms with Gasteiger partial charge >= 0.3 is 5.97 Å². The van der Waals surface area contributed by atoms with E-state index in [-0.39, 0.29) is 18.7 Å². The van der Waals surface area contributed by atoms with E-state index in [0.717, 1.165) is 5.56 Å². The fraction of sp³-hybridized carbons (Fsp3) is 0.421. The van der Waals surface area contributed by atoms with E-state index < -0.39 is 13.7 Å². The first-order valence-corrected chi connectivity index (χ1v) is 11.5. The number of benzene rings is 1. The van der Waals surface area contributed by atoms with E-state index in [4.69, 9.17) is 13.9 Å². The van der Waals surface area contributed by atoms with Crippen molar-refractivity contribution < 1.29 is 18.7 Å². The van der Waals surface area contributed by atoms with E-state index in [1.807, 2.05) is 54.6 Å². The molecule has 4 nitrogen and oxygen atoms in total. The monoisotopic (exact) mass is 346 g/mol. The number of methoxy groups -OCH3 is 1. The highest BCUT2D eigenvalue weighted by Crippen LogP contribution is 2.34. The van der Waals surface area contributed by atoms with Crippen molar-refractivity contribution in [1.29, 1.82) is 0 Å². The normalized spacial score (nSPS) is 23.2. The molecule has 24 heavy (non-hydrogen) atoms. The number of rotatable bonds is 7. The van der Waals surface area contributed by atoms with Gasteiger partial charge in [-0.15, -0.1) is 0 Å². The Morgan fingerprint density at radius 2 is 1.88 bits per heavy atom. The van der Waals surface area contributed by atoms with Gasteiger partial charge in [-0.05, 0) is 25.2 Å². The molecule has 0 aromatic heterocycles. The molecule has 0 fully saturated rings. The Hall–Kier alpha value is -1.69. The van der Waals surface area contributed by atoms with Gasteiger partial charge in [-0.3, -0.25) is 4.79 Å². The Morgan fingerprint density at radius 1 is 1.17 bits per heavy atom. The van der Waals surface area contributed by atoms with Gasteiger partial charge in [-0.1, -0.05) is 54.6 Å². The molecule has 2 rings (SSSR count). The van der Waals surface area contributed by atoms with Crippen LogP contribution < -0.4 is 0 Å². The summed E-state index contributed by atoms with van der Waals surface area (Å²) in [6, 6.07) is 9.89. The van der Waals surface area contributed by atoms with Crippen LogP contribution in [0.2, 0.25) is 19.6 Å². The van der Waals surface area contributed by atoms with E-state index in [1.54, 1.807) is 0 Å². The Bertz CT molecular complexity index is 604. The molecule has 5 heteroatoms. The Kier molecular flexibility index (Phi) is 6.15. The molecule has 0 saturated heterocycles. The van der Waals surface area contributed by atoms with Gasteiger partial charge in [0.15, 0.2) is 8.32 Å². The smallest absolute Gasteiger partial charge is 0.321 e. The zero-order chi connectivity index (χ0) is 17.6. The Labute approximate surface area is 145 Å². The highest BCUT2D eigenvalue weighted by atomic mass is 28.4. The second-order valence-corrected chi connectivity index (χ2v) is 11.4. The summed E-state index contributed by atoms with van der Waals surface area (Å²) in [7, 11) is -0.442. The first-order chi connectivity index (χ1) is 11.4. The second kappa shape index (κ2) is 7.92. The van der Waals surface area contributed by atoms with E-state index >= 15 is 0 Å². The maximum atomic E-state index is 12.6. The molecule has 1 aliphatic rings. The van der Waals surface area contributed by atoms with Crippen molar-refractivity contribution in [2.24, 2.45) is 5.41 Å². The molecule has 0 unspecified atom stereocenters. The van der Waals surface area contributed by atoms with E-state index in [0.29, 0.717) is 6.61 Å². The molecule has 130 valence electrons. The third-order valence-electron chi connectivity index (χ3n) is 3.80. The lowest BCUT2D eigenvalue weighted by molar-refractivity contribution is -0.158. The van der Waals surface area contributed by atoms with Crippen LogP contribution in [0.15, 0.2) is 54.6 Å². The number of carbonyl (C=O) groups is 1. The number of allylic oxidation sites excluding steroid dienone is 2. The highest BCUT2D eigenvalue weighted by Gasteiger charge is 2.47. The lowest BCUT2D eigenvalue weighted by Crippen LogP contribution is -2.50. The summed E-state index contributed by atoms with van der Waals surface area (Å²) in [5.74, 6) is -0.334. The molecule has 1 aromatic rings. The van der Waals surface area contributed by atoms with Gasteiger partial charge in [0, 0.05) is 0 Å². The molecule has 1 aliphatic carbocycles. The molecule has 0 amide bonds. The first-order valence-electron chi connectivity index (χ1n) is 8.11. The predicted octanol–water partition coefficient (Wildman–Crippen LogP) is 3.71. The van der Waals surface area contributed by atoms with Crippen LogP contribution in [0.25, 0.3) is 0 Å². The number of ether oxygens (including phenoxy) is 2. The van der Waals surface area contributed by atoms with Gasteiger partial charge in [0.2, 0.25) is 0 Å². The van der Waals surface area contributed by atoms with Gasteiger partial charge in [0.1, 0.15) is 5.41 Å². The van der Waals surface area contributed by atoms with Crippen molar-refractivity contribution in [3.05, 3.63) is 60.2 Å². The largest absolute Gasteiger partial charge is 0.468 e. The lowest BCUT2D eigenvalue weighted by Gasteiger charge is -2.38. The number of carbonyl (C=O) groups excluding carboxylic acids is 1. The quantitative estimate of drug-likeness (QED) is 0.558. The number of hydrogen-bond donors (Lipinski definition) is 0. The van der Waals surface area contributed by atoms with Crippen LogP contribution >= 0.6 is 0 Å². The molecular weight excluding hydrogens is 320 g/mol. The van der Waals surface area contributed by atoms with Crippen molar-refractivity contribution in [2.75, 3.05) is 13.7 Å². The van der Waals surface area contributed by atoms with Gasteiger partial charge in [0.25, 0.3) is 0 Å². The van der Waals surface area contributed by atoms with Crippen molar-refractivity contribution in [2.45, 2.75) is 32.4 Å². The average molecular weight is 346 g/mol. The maximum absolute atomic E-state index is 12.6. The third kappa shape index (κ3) is 4.66. The van der Waals surface area contributed by atoms with E-state index in [1.165, 1.54) is 7.11 Å². The minimum absolute atomic E-state index is 0.213. The molecule has 0 aliphatic heterocycles. The van der Waals surface area contributed by atoms with Crippen LogP contribution in [0.4, 0.5) is 0 Å². The molecule has 0 N–H and O–H groups in total. The van der Waals surface area contributed by atoms with E-state index in [9.17, 15) is 4.79 Å². The van der Waals surface area contributed by atoms with E-state index in [2.05, 4.69) is 19.6 Å². The van der Waals surface area contributed by atoms with Gasteiger partial charge in [-0.25, -0.2) is 0 Å². The van der Waals surface area contributed by atoms with Crippen LogP contribution in [-0.2, 0) is 25.3 Å². The molecule has 0 spiro atoms. The standard InChI is InChI=1S/C19H26O4Si/c1-21-18(20)19(15-22-14-16-10-6-5-7-11-16)13-9-8-12-17(19)23-24(2,3)4/h5-13,17H,14-15H2,1-4H3/t17-,19+/m1/s1. The minimum atomic E-state index is -1.84. The summed E-state index contributed by atoms with van der Waals surface area (Å²) in [6.45, 7) is 6.96. The van der Waals surface area contributed by atoms with Crippen LogP contribution in [0.3, 0.4) is 0 Å².